The molecule has 2 aromatic carbocycles. The Morgan fingerprint density at radius 3 is 2.36 bits per heavy atom. The Hall–Kier alpha value is -3.26. The van der Waals surface area contributed by atoms with Crippen molar-refractivity contribution >= 4 is 5.82 Å². The first kappa shape index (κ1) is 13.7. The maximum absolute atomic E-state index is 9.41. The minimum atomic E-state index is 0.333. The van der Waals surface area contributed by atoms with E-state index < -0.39 is 0 Å². The fraction of sp³-hybridized carbons (Fsp3) is 0.0588. The van der Waals surface area contributed by atoms with Crippen molar-refractivity contribution in [3.63, 3.8) is 0 Å². The zero-order valence-electron chi connectivity index (χ0n) is 12.0. The predicted octanol–water partition coefficient (Wildman–Crippen LogP) is 3.00. The van der Waals surface area contributed by atoms with Crippen molar-refractivity contribution in [1.82, 2.24) is 9.78 Å². The SMILES string of the molecule is COc1ccc(-c2nn(-c3ccccc3)c(N)c2C#N)cc1. The molecule has 3 aromatic rings. The molecule has 0 saturated carbocycles. The van der Waals surface area contributed by atoms with Gasteiger partial charge in [-0.1, -0.05) is 18.2 Å². The van der Waals surface area contributed by atoms with Crippen LogP contribution in [0.2, 0.25) is 0 Å². The van der Waals surface area contributed by atoms with Crippen LogP contribution in [0.1, 0.15) is 5.56 Å². The average molecular weight is 290 g/mol. The Bertz CT molecular complexity index is 830. The van der Waals surface area contributed by atoms with Gasteiger partial charge in [0, 0.05) is 5.56 Å². The molecule has 22 heavy (non-hydrogen) atoms. The van der Waals surface area contributed by atoms with Crippen molar-refractivity contribution in [3.8, 4) is 28.8 Å². The first-order chi connectivity index (χ1) is 10.7. The van der Waals surface area contributed by atoms with Gasteiger partial charge in [-0.25, -0.2) is 4.68 Å². The third-order valence-electron chi connectivity index (χ3n) is 3.40. The normalized spacial score (nSPS) is 10.2. The third-order valence-corrected chi connectivity index (χ3v) is 3.40. The van der Waals surface area contributed by atoms with Gasteiger partial charge in [0.25, 0.3) is 0 Å². The molecule has 2 N–H and O–H groups in total. The van der Waals surface area contributed by atoms with E-state index in [-0.39, 0.29) is 0 Å². The monoisotopic (exact) mass is 290 g/mol. The Balaban J connectivity index is 2.14. The number of ether oxygens (including phenoxy) is 1. The third kappa shape index (κ3) is 2.27. The summed E-state index contributed by atoms with van der Waals surface area (Å²) in [5, 5.41) is 13.9. The minimum absolute atomic E-state index is 0.333. The van der Waals surface area contributed by atoms with Crippen LogP contribution in [-0.4, -0.2) is 16.9 Å². The standard InChI is InChI=1S/C17H14N4O/c1-22-14-9-7-12(8-10-14)16-15(11-18)17(19)21(20-16)13-5-3-2-4-6-13/h2-10H,19H2,1H3. The van der Waals surface area contributed by atoms with Crippen molar-refractivity contribution in [3.05, 3.63) is 60.2 Å². The van der Waals surface area contributed by atoms with Crippen LogP contribution < -0.4 is 10.5 Å². The summed E-state index contributed by atoms with van der Waals surface area (Å²) in [4.78, 5) is 0. The number of benzene rings is 2. The highest BCUT2D eigenvalue weighted by Gasteiger charge is 2.17. The van der Waals surface area contributed by atoms with Crippen molar-refractivity contribution in [2.24, 2.45) is 0 Å². The molecule has 0 aliphatic heterocycles. The molecule has 0 aliphatic rings. The molecule has 0 unspecified atom stereocenters. The Labute approximate surface area is 128 Å². The lowest BCUT2D eigenvalue weighted by Gasteiger charge is -2.02. The van der Waals surface area contributed by atoms with Crippen molar-refractivity contribution in [1.29, 1.82) is 5.26 Å². The first-order valence-corrected chi connectivity index (χ1v) is 6.73. The molecule has 0 atom stereocenters. The van der Waals surface area contributed by atoms with Crippen LogP contribution in [-0.2, 0) is 0 Å². The highest BCUT2D eigenvalue weighted by molar-refractivity contribution is 5.74. The maximum atomic E-state index is 9.41. The van der Waals surface area contributed by atoms with Gasteiger partial charge in [-0.2, -0.15) is 10.4 Å². The summed E-state index contributed by atoms with van der Waals surface area (Å²) < 4.78 is 6.73. The molecule has 0 bridgehead atoms. The molecule has 5 heteroatoms. The fourth-order valence-electron chi connectivity index (χ4n) is 2.26. The van der Waals surface area contributed by atoms with Gasteiger partial charge >= 0.3 is 0 Å². The molecule has 0 amide bonds. The van der Waals surface area contributed by atoms with Crippen LogP contribution in [0.15, 0.2) is 54.6 Å². The van der Waals surface area contributed by atoms with Crippen LogP contribution in [0, 0.1) is 11.3 Å². The van der Waals surface area contributed by atoms with E-state index in [9.17, 15) is 5.26 Å². The number of hydrogen-bond acceptors (Lipinski definition) is 4. The van der Waals surface area contributed by atoms with E-state index in [1.165, 1.54) is 0 Å². The lowest BCUT2D eigenvalue weighted by atomic mass is 10.1. The smallest absolute Gasteiger partial charge is 0.145 e. The molecule has 5 nitrogen and oxygen atoms in total. The number of nitrogen functional groups attached to an aromatic ring is 1. The summed E-state index contributed by atoms with van der Waals surface area (Å²) in [5.74, 6) is 1.08. The second-order valence-electron chi connectivity index (χ2n) is 4.70. The number of nitrogens with zero attached hydrogens (tertiary/aromatic N) is 3. The van der Waals surface area contributed by atoms with Gasteiger partial charge in [0.15, 0.2) is 0 Å². The van der Waals surface area contributed by atoms with Gasteiger partial charge in [-0.05, 0) is 36.4 Å². The van der Waals surface area contributed by atoms with E-state index in [0.29, 0.717) is 17.1 Å². The number of anilines is 1. The lowest BCUT2D eigenvalue weighted by Crippen LogP contribution is -2.01. The Morgan fingerprint density at radius 2 is 1.77 bits per heavy atom. The van der Waals surface area contributed by atoms with E-state index in [1.54, 1.807) is 11.8 Å². The molecule has 0 radical (unpaired) electrons. The zero-order chi connectivity index (χ0) is 15.5. The van der Waals surface area contributed by atoms with Gasteiger partial charge < -0.3 is 10.5 Å². The quantitative estimate of drug-likeness (QED) is 0.804. The van der Waals surface area contributed by atoms with Crippen molar-refractivity contribution in [2.45, 2.75) is 0 Å². The number of nitrogens with two attached hydrogens (primary N) is 1. The van der Waals surface area contributed by atoms with Crippen LogP contribution >= 0.6 is 0 Å². The molecular formula is C17H14N4O. The Kier molecular flexibility index (Phi) is 3.50. The molecule has 0 fully saturated rings. The van der Waals surface area contributed by atoms with E-state index in [1.807, 2.05) is 54.6 Å². The molecule has 108 valence electrons. The lowest BCUT2D eigenvalue weighted by molar-refractivity contribution is 0.415. The zero-order valence-corrected chi connectivity index (χ0v) is 12.0. The number of rotatable bonds is 3. The maximum Gasteiger partial charge on any atom is 0.145 e. The summed E-state index contributed by atoms with van der Waals surface area (Å²) in [6.45, 7) is 0. The van der Waals surface area contributed by atoms with Gasteiger partial charge in [-0.3, -0.25) is 0 Å². The highest BCUT2D eigenvalue weighted by atomic mass is 16.5. The molecule has 1 aromatic heterocycles. The van der Waals surface area contributed by atoms with E-state index in [4.69, 9.17) is 10.5 Å². The Morgan fingerprint density at radius 1 is 1.09 bits per heavy atom. The summed E-state index contributed by atoms with van der Waals surface area (Å²) >= 11 is 0. The predicted molar refractivity (Wildman–Crippen MR) is 84.7 cm³/mol. The average Bonchev–Trinajstić information content (AvgIpc) is 2.92. The minimum Gasteiger partial charge on any atom is -0.497 e. The van der Waals surface area contributed by atoms with Crippen LogP contribution in [0.3, 0.4) is 0 Å². The molecule has 1 heterocycles. The van der Waals surface area contributed by atoms with Gasteiger partial charge in [0.05, 0.1) is 12.8 Å². The summed E-state index contributed by atoms with van der Waals surface area (Å²) in [6.07, 6.45) is 0. The van der Waals surface area contributed by atoms with Crippen LogP contribution in [0.25, 0.3) is 16.9 Å². The fourth-order valence-corrected chi connectivity index (χ4v) is 2.26. The van der Waals surface area contributed by atoms with E-state index in [0.717, 1.165) is 17.0 Å². The van der Waals surface area contributed by atoms with Crippen molar-refractivity contribution < 1.29 is 4.74 Å². The number of nitriles is 1. The molecular weight excluding hydrogens is 276 g/mol. The molecule has 0 saturated heterocycles. The molecule has 3 rings (SSSR count). The topological polar surface area (TPSA) is 76.9 Å². The molecule has 0 aliphatic carbocycles. The van der Waals surface area contributed by atoms with Gasteiger partial charge in [-0.15, -0.1) is 0 Å². The number of methoxy groups -OCH3 is 1. The summed E-state index contributed by atoms with van der Waals surface area (Å²) in [5.41, 5.74) is 8.66. The summed E-state index contributed by atoms with van der Waals surface area (Å²) in [7, 11) is 1.61. The largest absolute Gasteiger partial charge is 0.497 e. The van der Waals surface area contributed by atoms with Crippen LogP contribution in [0.4, 0.5) is 5.82 Å². The van der Waals surface area contributed by atoms with Crippen LogP contribution in [0.5, 0.6) is 5.75 Å². The number of hydrogen-bond donors (Lipinski definition) is 1. The van der Waals surface area contributed by atoms with Gasteiger partial charge in [0.2, 0.25) is 0 Å². The molecule has 0 spiro atoms. The highest BCUT2D eigenvalue weighted by Crippen LogP contribution is 2.29. The second kappa shape index (κ2) is 5.62. The number of aromatic nitrogens is 2. The van der Waals surface area contributed by atoms with E-state index in [2.05, 4.69) is 11.2 Å². The first-order valence-electron chi connectivity index (χ1n) is 6.73. The van der Waals surface area contributed by atoms with E-state index >= 15 is 0 Å². The second-order valence-corrected chi connectivity index (χ2v) is 4.70. The van der Waals surface area contributed by atoms with Crippen molar-refractivity contribution in [2.75, 3.05) is 12.8 Å². The van der Waals surface area contributed by atoms with Gasteiger partial charge in [0.1, 0.15) is 28.9 Å². The number of para-hydroxylation sites is 1. The summed E-state index contributed by atoms with van der Waals surface area (Å²) in [6, 6.07) is 19.0.